The number of hydrogen-bond donors (Lipinski definition) is 0. The maximum atomic E-state index is 13.0. The normalized spacial score (nSPS) is 11.0. The van der Waals surface area contributed by atoms with Crippen LogP contribution in [-0.2, 0) is 4.74 Å². The summed E-state index contributed by atoms with van der Waals surface area (Å²) in [6.07, 6.45) is 3.87. The SMILES string of the molecule is CCOC(=O)c1c(-c2ccc(Cl)cc2)nn(-c2ccccc2)c1/C=C/c1ccccc1. The Morgan fingerprint density at radius 1 is 0.935 bits per heavy atom. The zero-order valence-electron chi connectivity index (χ0n) is 17.0. The van der Waals surface area contributed by atoms with Crippen molar-refractivity contribution in [2.75, 3.05) is 6.61 Å². The number of rotatable bonds is 6. The maximum Gasteiger partial charge on any atom is 0.342 e. The van der Waals surface area contributed by atoms with Gasteiger partial charge in [-0.2, -0.15) is 5.10 Å². The minimum atomic E-state index is -0.414. The molecule has 0 bridgehead atoms. The molecule has 4 nitrogen and oxygen atoms in total. The molecule has 0 N–H and O–H groups in total. The number of para-hydroxylation sites is 1. The molecule has 154 valence electrons. The molecule has 1 heterocycles. The van der Waals surface area contributed by atoms with Crippen molar-refractivity contribution in [3.05, 3.63) is 107 Å². The van der Waals surface area contributed by atoms with Gasteiger partial charge in [-0.3, -0.25) is 0 Å². The van der Waals surface area contributed by atoms with Gasteiger partial charge in [0.2, 0.25) is 0 Å². The highest BCUT2D eigenvalue weighted by Crippen LogP contribution is 2.30. The molecule has 1 aromatic heterocycles. The molecule has 0 unspecified atom stereocenters. The van der Waals surface area contributed by atoms with Gasteiger partial charge >= 0.3 is 5.97 Å². The number of halogens is 1. The fourth-order valence-electron chi connectivity index (χ4n) is 3.30. The zero-order chi connectivity index (χ0) is 21.6. The maximum absolute atomic E-state index is 13.0. The van der Waals surface area contributed by atoms with Crippen molar-refractivity contribution >= 4 is 29.7 Å². The van der Waals surface area contributed by atoms with Gasteiger partial charge in [0.25, 0.3) is 0 Å². The summed E-state index contributed by atoms with van der Waals surface area (Å²) in [5, 5.41) is 5.44. The number of aromatic nitrogens is 2. The lowest BCUT2D eigenvalue weighted by atomic mass is 10.0. The van der Waals surface area contributed by atoms with Crippen LogP contribution in [0.3, 0.4) is 0 Å². The summed E-state index contributed by atoms with van der Waals surface area (Å²) < 4.78 is 7.18. The van der Waals surface area contributed by atoms with Crippen molar-refractivity contribution in [3.63, 3.8) is 0 Å². The van der Waals surface area contributed by atoms with Crippen LogP contribution in [0.1, 0.15) is 28.5 Å². The van der Waals surface area contributed by atoms with E-state index in [1.54, 1.807) is 23.7 Å². The summed E-state index contributed by atoms with van der Waals surface area (Å²) in [6, 6.07) is 26.9. The van der Waals surface area contributed by atoms with E-state index in [2.05, 4.69) is 0 Å². The zero-order valence-corrected chi connectivity index (χ0v) is 17.8. The lowest BCUT2D eigenvalue weighted by Gasteiger charge is -2.06. The summed E-state index contributed by atoms with van der Waals surface area (Å²) in [7, 11) is 0. The number of nitrogens with zero attached hydrogens (tertiary/aromatic N) is 2. The molecule has 0 saturated carbocycles. The minimum absolute atomic E-state index is 0.275. The van der Waals surface area contributed by atoms with Gasteiger partial charge in [0.1, 0.15) is 11.3 Å². The lowest BCUT2D eigenvalue weighted by molar-refractivity contribution is 0.0527. The topological polar surface area (TPSA) is 44.1 Å². The number of benzene rings is 3. The van der Waals surface area contributed by atoms with Crippen LogP contribution >= 0.6 is 11.6 Å². The van der Waals surface area contributed by atoms with Crippen LogP contribution in [0.25, 0.3) is 29.1 Å². The molecule has 4 aromatic rings. The van der Waals surface area contributed by atoms with Crippen molar-refractivity contribution in [2.24, 2.45) is 0 Å². The first kappa shape index (κ1) is 20.6. The third kappa shape index (κ3) is 4.60. The molecule has 0 aliphatic carbocycles. The fraction of sp³-hybridized carbons (Fsp3) is 0.0769. The van der Waals surface area contributed by atoms with Gasteiger partial charge in [0, 0.05) is 10.6 Å². The number of carbonyl (C=O) groups is 1. The molecular formula is C26H21ClN2O2. The molecular weight excluding hydrogens is 408 g/mol. The van der Waals surface area contributed by atoms with E-state index >= 15 is 0 Å². The number of carbonyl (C=O) groups excluding carboxylic acids is 1. The van der Waals surface area contributed by atoms with E-state index in [1.807, 2.05) is 84.9 Å². The molecule has 31 heavy (non-hydrogen) atoms. The van der Waals surface area contributed by atoms with Gasteiger partial charge in [-0.15, -0.1) is 0 Å². The smallest absolute Gasteiger partial charge is 0.342 e. The Bertz CT molecular complexity index is 1200. The molecule has 3 aromatic carbocycles. The highest BCUT2D eigenvalue weighted by atomic mass is 35.5. The van der Waals surface area contributed by atoms with E-state index in [0.29, 0.717) is 22.0 Å². The van der Waals surface area contributed by atoms with Crippen LogP contribution in [-0.4, -0.2) is 22.4 Å². The summed E-state index contributed by atoms with van der Waals surface area (Å²) in [6.45, 7) is 2.07. The van der Waals surface area contributed by atoms with Gasteiger partial charge in [-0.05, 0) is 42.8 Å². The van der Waals surface area contributed by atoms with Gasteiger partial charge in [0.15, 0.2) is 0 Å². The minimum Gasteiger partial charge on any atom is -0.462 e. The van der Waals surface area contributed by atoms with Crippen LogP contribution in [0.2, 0.25) is 5.02 Å². The monoisotopic (exact) mass is 428 g/mol. The van der Waals surface area contributed by atoms with Crippen molar-refractivity contribution in [3.8, 4) is 16.9 Å². The van der Waals surface area contributed by atoms with E-state index in [0.717, 1.165) is 16.8 Å². The standard InChI is InChI=1S/C26H21ClN2O2/c1-2-31-26(30)24-23(18-13-19-9-5-3-6-10-19)29(22-11-7-4-8-12-22)28-25(24)20-14-16-21(27)17-15-20/h3-18H,2H2,1H3/b18-13+. The molecule has 0 radical (unpaired) electrons. The molecule has 0 saturated heterocycles. The largest absolute Gasteiger partial charge is 0.462 e. The van der Waals surface area contributed by atoms with Crippen LogP contribution in [0.5, 0.6) is 0 Å². The van der Waals surface area contributed by atoms with Gasteiger partial charge in [-0.25, -0.2) is 9.48 Å². The highest BCUT2D eigenvalue weighted by molar-refractivity contribution is 6.30. The van der Waals surface area contributed by atoms with Crippen molar-refractivity contribution in [1.29, 1.82) is 0 Å². The Morgan fingerprint density at radius 3 is 2.23 bits per heavy atom. The van der Waals surface area contributed by atoms with E-state index in [1.165, 1.54) is 0 Å². The molecule has 0 fully saturated rings. The Balaban J connectivity index is 1.95. The second kappa shape index (κ2) is 9.45. The third-order valence-electron chi connectivity index (χ3n) is 4.75. The predicted octanol–water partition coefficient (Wildman–Crippen LogP) is 6.54. The fourth-order valence-corrected chi connectivity index (χ4v) is 3.43. The summed E-state index contributed by atoms with van der Waals surface area (Å²) in [5.74, 6) is -0.414. The Kier molecular flexibility index (Phi) is 6.29. The van der Waals surface area contributed by atoms with E-state index in [4.69, 9.17) is 21.4 Å². The van der Waals surface area contributed by atoms with E-state index < -0.39 is 5.97 Å². The summed E-state index contributed by atoms with van der Waals surface area (Å²) in [5.41, 5.74) is 4.27. The van der Waals surface area contributed by atoms with Crippen molar-refractivity contribution in [2.45, 2.75) is 6.92 Å². The third-order valence-corrected chi connectivity index (χ3v) is 5.00. The Morgan fingerprint density at radius 2 is 1.58 bits per heavy atom. The highest BCUT2D eigenvalue weighted by Gasteiger charge is 2.25. The first-order chi connectivity index (χ1) is 15.2. The van der Waals surface area contributed by atoms with Gasteiger partial charge in [0.05, 0.1) is 18.0 Å². The number of ether oxygens (including phenoxy) is 1. The summed E-state index contributed by atoms with van der Waals surface area (Å²) >= 11 is 6.07. The molecule has 4 rings (SSSR count). The second-order valence-corrected chi connectivity index (χ2v) is 7.26. The molecule has 0 amide bonds. The Labute approximate surface area is 186 Å². The van der Waals surface area contributed by atoms with Crippen LogP contribution in [0.15, 0.2) is 84.9 Å². The molecule has 0 spiro atoms. The van der Waals surface area contributed by atoms with Gasteiger partial charge in [-0.1, -0.05) is 78.3 Å². The molecule has 5 heteroatoms. The van der Waals surface area contributed by atoms with Crippen LogP contribution in [0, 0.1) is 0 Å². The molecule has 0 atom stereocenters. The quantitative estimate of drug-likeness (QED) is 0.327. The molecule has 0 aliphatic heterocycles. The van der Waals surface area contributed by atoms with E-state index in [9.17, 15) is 4.79 Å². The van der Waals surface area contributed by atoms with Crippen molar-refractivity contribution in [1.82, 2.24) is 9.78 Å². The van der Waals surface area contributed by atoms with Gasteiger partial charge < -0.3 is 4.74 Å². The van der Waals surface area contributed by atoms with E-state index in [-0.39, 0.29) is 6.61 Å². The first-order valence-corrected chi connectivity index (χ1v) is 10.4. The Hall–Kier alpha value is -3.63. The first-order valence-electron chi connectivity index (χ1n) is 10.0. The average Bonchev–Trinajstić information content (AvgIpc) is 3.19. The predicted molar refractivity (Wildman–Crippen MR) is 125 cm³/mol. The lowest BCUT2D eigenvalue weighted by Crippen LogP contribution is -2.08. The molecule has 0 aliphatic rings. The second-order valence-electron chi connectivity index (χ2n) is 6.83. The number of esters is 1. The van der Waals surface area contributed by atoms with Crippen molar-refractivity contribution < 1.29 is 9.53 Å². The number of hydrogen-bond acceptors (Lipinski definition) is 3. The summed E-state index contributed by atoms with van der Waals surface area (Å²) in [4.78, 5) is 13.0. The van der Waals surface area contributed by atoms with Crippen LogP contribution < -0.4 is 0 Å². The average molecular weight is 429 g/mol. The van der Waals surface area contributed by atoms with Crippen LogP contribution in [0.4, 0.5) is 0 Å².